The summed E-state index contributed by atoms with van der Waals surface area (Å²) in [4.78, 5) is 57.6. The first-order valence-electron chi connectivity index (χ1n) is 13.6. The molecule has 0 unspecified atom stereocenters. The molecule has 1 aliphatic carbocycles. The van der Waals surface area contributed by atoms with Crippen LogP contribution in [-0.4, -0.2) is 84.3 Å². The number of urea groups is 1. The van der Waals surface area contributed by atoms with Crippen molar-refractivity contribution in [2.45, 2.75) is 31.3 Å². The average molecular weight is 578 g/mol. The second-order valence-corrected chi connectivity index (χ2v) is 10.4. The molecule has 1 heterocycles. The van der Waals surface area contributed by atoms with Crippen molar-refractivity contribution < 1.29 is 24.0 Å². The number of likely N-dealkylation sites (N-methyl/N-ethyl adjacent to an activating group) is 1. The number of amidine groups is 1. The Hall–Kier alpha value is -4.78. The van der Waals surface area contributed by atoms with E-state index >= 15 is 0 Å². The third kappa shape index (κ3) is 6.74. The van der Waals surface area contributed by atoms with Crippen LogP contribution in [0.5, 0.6) is 0 Å². The molecule has 4 rings (SSSR count). The second kappa shape index (κ2) is 12.8. The van der Waals surface area contributed by atoms with E-state index < -0.39 is 28.9 Å². The summed E-state index contributed by atoms with van der Waals surface area (Å²) >= 11 is 0. The number of nitro groups is 1. The Morgan fingerprint density at radius 3 is 2.50 bits per heavy atom. The van der Waals surface area contributed by atoms with Crippen LogP contribution < -0.4 is 16.4 Å². The molecule has 3 amide bonds. The number of benzene rings is 2. The van der Waals surface area contributed by atoms with E-state index in [4.69, 9.17) is 10.5 Å². The van der Waals surface area contributed by atoms with Crippen LogP contribution in [0.1, 0.15) is 41.7 Å². The topological polar surface area (TPSA) is 173 Å². The number of hydrogen-bond donors (Lipinski definition) is 3. The van der Waals surface area contributed by atoms with Crippen molar-refractivity contribution in [3.8, 4) is 0 Å². The number of non-ortho nitro benzene ring substituents is 1. The molecule has 1 aliphatic heterocycles. The number of hydrogen-bond acceptors (Lipinski definition) is 9. The highest BCUT2D eigenvalue weighted by Gasteiger charge is 2.58. The number of amides is 3. The zero-order valence-electron chi connectivity index (χ0n) is 23.8. The van der Waals surface area contributed by atoms with Crippen molar-refractivity contribution in [3.05, 3.63) is 87.1 Å². The van der Waals surface area contributed by atoms with E-state index in [-0.39, 0.29) is 42.3 Å². The van der Waals surface area contributed by atoms with Gasteiger partial charge >= 0.3 is 12.0 Å². The largest absolute Gasteiger partial charge is 0.465 e. The predicted molar refractivity (Wildman–Crippen MR) is 156 cm³/mol. The monoisotopic (exact) mass is 577 g/mol. The van der Waals surface area contributed by atoms with Crippen LogP contribution in [0.3, 0.4) is 0 Å². The van der Waals surface area contributed by atoms with Crippen molar-refractivity contribution in [3.63, 3.8) is 0 Å². The SMILES string of the molecule is CCOC(=O)CN=C(NC(=O)c1cccc([N+](=O)[O-])c1)C1=C(N)C2(CC2)N(C(=O)N[C@H](CN(C)C)c2ccccc2)C1. The van der Waals surface area contributed by atoms with E-state index in [0.717, 1.165) is 11.6 Å². The van der Waals surface area contributed by atoms with E-state index in [1.165, 1.54) is 18.2 Å². The number of carbonyl (C=O) groups is 3. The van der Waals surface area contributed by atoms with Crippen molar-refractivity contribution >= 4 is 29.4 Å². The summed E-state index contributed by atoms with van der Waals surface area (Å²) in [6.45, 7) is 2.03. The molecule has 1 saturated carbocycles. The van der Waals surface area contributed by atoms with Gasteiger partial charge in [0.25, 0.3) is 11.6 Å². The van der Waals surface area contributed by atoms with Gasteiger partial charge in [0.05, 0.1) is 29.7 Å². The van der Waals surface area contributed by atoms with Crippen molar-refractivity contribution in [1.82, 2.24) is 20.4 Å². The maximum atomic E-state index is 13.7. The molecule has 4 N–H and O–H groups in total. The summed E-state index contributed by atoms with van der Waals surface area (Å²) < 4.78 is 4.98. The van der Waals surface area contributed by atoms with Gasteiger partial charge in [0.15, 0.2) is 0 Å². The Bertz CT molecular complexity index is 1420. The number of nitrogens with zero attached hydrogens (tertiary/aromatic N) is 4. The number of aliphatic imine (C=N–C) groups is 1. The molecule has 1 atom stereocenters. The highest BCUT2D eigenvalue weighted by Crippen LogP contribution is 2.51. The van der Waals surface area contributed by atoms with E-state index in [1.807, 2.05) is 49.3 Å². The minimum atomic E-state index is -0.736. The zero-order chi connectivity index (χ0) is 30.4. The van der Waals surface area contributed by atoms with Crippen molar-refractivity contribution in [2.75, 3.05) is 40.3 Å². The molecule has 1 fully saturated rings. The van der Waals surface area contributed by atoms with Gasteiger partial charge in [0.2, 0.25) is 0 Å². The van der Waals surface area contributed by atoms with Crippen molar-refractivity contribution in [2.24, 2.45) is 10.7 Å². The molecule has 0 radical (unpaired) electrons. The lowest BCUT2D eigenvalue weighted by molar-refractivity contribution is -0.384. The Labute approximate surface area is 243 Å². The normalized spacial score (nSPS) is 16.4. The highest BCUT2D eigenvalue weighted by molar-refractivity contribution is 6.14. The first kappa shape index (κ1) is 30.2. The van der Waals surface area contributed by atoms with Gasteiger partial charge in [-0.25, -0.2) is 4.79 Å². The molecule has 0 bridgehead atoms. The lowest BCUT2D eigenvalue weighted by atomic mass is 10.1. The molecule has 2 aliphatic rings. The van der Waals surface area contributed by atoms with Gasteiger partial charge in [-0.05, 0) is 45.5 Å². The molecule has 13 heteroatoms. The van der Waals surface area contributed by atoms with Crippen LogP contribution >= 0.6 is 0 Å². The first-order chi connectivity index (χ1) is 20.1. The number of rotatable bonds is 10. The number of nitro benzene ring substituents is 1. The fourth-order valence-corrected chi connectivity index (χ4v) is 4.96. The van der Waals surface area contributed by atoms with E-state index in [0.29, 0.717) is 30.7 Å². The summed E-state index contributed by atoms with van der Waals surface area (Å²) in [5, 5.41) is 17.0. The maximum Gasteiger partial charge on any atom is 0.327 e. The van der Waals surface area contributed by atoms with Gasteiger partial charge in [-0.3, -0.25) is 24.7 Å². The minimum Gasteiger partial charge on any atom is -0.465 e. The van der Waals surface area contributed by atoms with Crippen LogP contribution in [-0.2, 0) is 9.53 Å². The molecule has 2 aromatic carbocycles. The third-order valence-corrected chi connectivity index (χ3v) is 7.18. The maximum absolute atomic E-state index is 13.7. The lowest BCUT2D eigenvalue weighted by Crippen LogP contribution is -2.49. The Morgan fingerprint density at radius 1 is 1.17 bits per heavy atom. The molecular formula is C29H35N7O6. The minimum absolute atomic E-state index is 0.00605. The summed E-state index contributed by atoms with van der Waals surface area (Å²) in [6.07, 6.45) is 1.26. The number of carbonyl (C=O) groups excluding carboxylic acids is 3. The molecule has 0 aromatic heterocycles. The van der Waals surface area contributed by atoms with Crippen molar-refractivity contribution in [1.29, 1.82) is 0 Å². The Balaban J connectivity index is 1.60. The molecule has 1 spiro atoms. The van der Waals surface area contributed by atoms with Crippen LogP contribution in [0, 0.1) is 10.1 Å². The smallest absolute Gasteiger partial charge is 0.327 e. The molecule has 0 saturated heterocycles. The van der Waals surface area contributed by atoms with Gasteiger partial charge in [0, 0.05) is 35.5 Å². The number of nitrogens with one attached hydrogen (secondary N) is 2. The molecule has 42 heavy (non-hydrogen) atoms. The second-order valence-electron chi connectivity index (χ2n) is 10.4. The van der Waals surface area contributed by atoms with Gasteiger partial charge in [0.1, 0.15) is 12.4 Å². The third-order valence-electron chi connectivity index (χ3n) is 7.18. The van der Waals surface area contributed by atoms with Crippen LogP contribution in [0.15, 0.2) is 70.9 Å². The molecule has 222 valence electrons. The summed E-state index contributed by atoms with van der Waals surface area (Å²) in [7, 11) is 3.85. The van der Waals surface area contributed by atoms with Crippen LogP contribution in [0.25, 0.3) is 0 Å². The van der Waals surface area contributed by atoms with Gasteiger partial charge in [-0.15, -0.1) is 0 Å². The Kier molecular flexibility index (Phi) is 9.21. The molecule has 2 aromatic rings. The number of nitrogens with two attached hydrogens (primary N) is 1. The standard InChI is InChI=1S/C29H35N7O6/c1-4-42-24(37)16-31-26(33-27(38)20-11-8-12-21(15-20)36(40)41)22-17-35(29(13-14-29)25(22)30)28(39)32-23(18-34(2)3)19-9-6-5-7-10-19/h5-12,15,23H,4,13-14,16-18,30H2,1-3H3,(H,32,39)(H,31,33,38)/t23-/m1/s1. The summed E-state index contributed by atoms with van der Waals surface area (Å²) in [5.41, 5.74) is 7.39. The molecule has 13 nitrogen and oxygen atoms in total. The van der Waals surface area contributed by atoms with Gasteiger partial charge in [-0.2, -0.15) is 0 Å². The Morgan fingerprint density at radius 2 is 1.88 bits per heavy atom. The summed E-state index contributed by atoms with van der Waals surface area (Å²) in [6, 6.07) is 14.3. The van der Waals surface area contributed by atoms with E-state index in [9.17, 15) is 24.5 Å². The van der Waals surface area contributed by atoms with Crippen LogP contribution in [0.2, 0.25) is 0 Å². The summed E-state index contributed by atoms with van der Waals surface area (Å²) in [5.74, 6) is -1.28. The predicted octanol–water partition coefficient (Wildman–Crippen LogP) is 2.36. The number of ether oxygens (including phenoxy) is 1. The van der Waals surface area contributed by atoms with Gasteiger partial charge in [-0.1, -0.05) is 36.4 Å². The van der Waals surface area contributed by atoms with E-state index in [1.54, 1.807) is 11.8 Å². The van der Waals surface area contributed by atoms with E-state index in [2.05, 4.69) is 15.6 Å². The number of esters is 1. The zero-order valence-corrected chi connectivity index (χ0v) is 23.8. The highest BCUT2D eigenvalue weighted by atomic mass is 16.6. The fourth-order valence-electron chi connectivity index (χ4n) is 4.96. The van der Waals surface area contributed by atoms with Gasteiger partial charge < -0.3 is 30.9 Å². The van der Waals surface area contributed by atoms with Crippen LogP contribution in [0.4, 0.5) is 10.5 Å². The molecular weight excluding hydrogens is 542 g/mol. The lowest BCUT2D eigenvalue weighted by Gasteiger charge is -2.30. The quantitative estimate of drug-likeness (QED) is 0.127. The fraction of sp³-hybridized carbons (Fsp3) is 0.379. The average Bonchev–Trinajstić information content (AvgIpc) is 3.71. The first-order valence-corrected chi connectivity index (χ1v) is 13.6.